The van der Waals surface area contributed by atoms with Crippen molar-refractivity contribution in [3.8, 4) is 0 Å². The Morgan fingerprint density at radius 1 is 1.25 bits per heavy atom. The number of hydrogen-bond donors (Lipinski definition) is 1. The molecule has 1 aliphatic carbocycles. The van der Waals surface area contributed by atoms with Gasteiger partial charge in [0.1, 0.15) is 5.82 Å². The summed E-state index contributed by atoms with van der Waals surface area (Å²) in [4.78, 5) is 2.32. The standard InChI is InChI=1S/C16H24ClFN2/c1-20(2)16(9-4-3-5-10-16)12-19-11-13-14(17)7-6-8-15(13)18/h6-8,19H,3-5,9-12H2,1-2H3. The van der Waals surface area contributed by atoms with Crippen LogP contribution >= 0.6 is 11.6 Å². The summed E-state index contributed by atoms with van der Waals surface area (Å²) in [7, 11) is 4.28. The molecule has 0 amide bonds. The molecular weight excluding hydrogens is 275 g/mol. The molecule has 0 unspecified atom stereocenters. The fourth-order valence-corrected chi connectivity index (χ4v) is 3.34. The number of benzene rings is 1. The quantitative estimate of drug-likeness (QED) is 0.889. The van der Waals surface area contributed by atoms with Gasteiger partial charge in [-0.25, -0.2) is 4.39 Å². The van der Waals surface area contributed by atoms with Crippen LogP contribution in [-0.4, -0.2) is 31.1 Å². The first-order valence-electron chi connectivity index (χ1n) is 7.36. The van der Waals surface area contributed by atoms with Crippen LogP contribution < -0.4 is 5.32 Å². The van der Waals surface area contributed by atoms with Crippen molar-refractivity contribution in [2.45, 2.75) is 44.2 Å². The fourth-order valence-electron chi connectivity index (χ4n) is 3.11. The average Bonchev–Trinajstić information content (AvgIpc) is 2.43. The second-order valence-electron chi connectivity index (χ2n) is 5.98. The lowest BCUT2D eigenvalue weighted by Gasteiger charge is -2.43. The highest BCUT2D eigenvalue weighted by molar-refractivity contribution is 6.31. The molecule has 20 heavy (non-hydrogen) atoms. The molecule has 1 aromatic rings. The van der Waals surface area contributed by atoms with Crippen molar-refractivity contribution in [3.05, 3.63) is 34.6 Å². The molecule has 0 radical (unpaired) electrons. The van der Waals surface area contributed by atoms with Crippen molar-refractivity contribution in [3.63, 3.8) is 0 Å². The van der Waals surface area contributed by atoms with Gasteiger partial charge < -0.3 is 10.2 Å². The molecule has 0 heterocycles. The SMILES string of the molecule is CN(C)C1(CNCc2c(F)cccc2Cl)CCCCC1. The van der Waals surface area contributed by atoms with Crippen molar-refractivity contribution in [2.75, 3.05) is 20.6 Å². The van der Waals surface area contributed by atoms with E-state index in [4.69, 9.17) is 11.6 Å². The van der Waals surface area contributed by atoms with Crippen LogP contribution in [-0.2, 0) is 6.54 Å². The van der Waals surface area contributed by atoms with Gasteiger partial charge in [-0.2, -0.15) is 0 Å². The summed E-state index contributed by atoms with van der Waals surface area (Å²) >= 11 is 6.06. The normalized spacial score (nSPS) is 18.4. The van der Waals surface area contributed by atoms with E-state index >= 15 is 0 Å². The molecule has 112 valence electrons. The number of rotatable bonds is 5. The van der Waals surface area contributed by atoms with E-state index in [0.29, 0.717) is 17.1 Å². The van der Waals surface area contributed by atoms with Gasteiger partial charge in [0, 0.05) is 29.2 Å². The van der Waals surface area contributed by atoms with E-state index in [2.05, 4.69) is 24.3 Å². The Morgan fingerprint density at radius 3 is 2.55 bits per heavy atom. The molecule has 2 rings (SSSR count). The van der Waals surface area contributed by atoms with E-state index in [1.165, 1.54) is 38.2 Å². The molecule has 0 saturated heterocycles. The van der Waals surface area contributed by atoms with Gasteiger partial charge in [-0.15, -0.1) is 0 Å². The molecule has 1 fully saturated rings. The van der Waals surface area contributed by atoms with Crippen LogP contribution in [0.15, 0.2) is 18.2 Å². The van der Waals surface area contributed by atoms with Gasteiger partial charge in [0.2, 0.25) is 0 Å². The number of nitrogens with zero attached hydrogens (tertiary/aromatic N) is 1. The van der Waals surface area contributed by atoms with Gasteiger partial charge in [-0.1, -0.05) is 36.9 Å². The summed E-state index contributed by atoms with van der Waals surface area (Å²) < 4.78 is 13.7. The van der Waals surface area contributed by atoms with E-state index in [1.54, 1.807) is 12.1 Å². The van der Waals surface area contributed by atoms with Crippen LogP contribution in [0.1, 0.15) is 37.7 Å². The molecule has 2 nitrogen and oxygen atoms in total. The van der Waals surface area contributed by atoms with Crippen molar-refractivity contribution in [2.24, 2.45) is 0 Å². The first kappa shape index (κ1) is 15.7. The highest BCUT2D eigenvalue weighted by Gasteiger charge is 2.33. The van der Waals surface area contributed by atoms with Crippen molar-refractivity contribution in [1.82, 2.24) is 10.2 Å². The molecule has 1 N–H and O–H groups in total. The zero-order chi connectivity index (χ0) is 14.6. The predicted octanol–water partition coefficient (Wildman–Crippen LogP) is 3.83. The van der Waals surface area contributed by atoms with Crippen LogP contribution in [0.3, 0.4) is 0 Å². The van der Waals surface area contributed by atoms with Crippen LogP contribution in [0.5, 0.6) is 0 Å². The van der Waals surface area contributed by atoms with E-state index < -0.39 is 0 Å². The fraction of sp³-hybridized carbons (Fsp3) is 0.625. The second-order valence-corrected chi connectivity index (χ2v) is 6.39. The minimum Gasteiger partial charge on any atom is -0.311 e. The molecular formula is C16H24ClFN2. The topological polar surface area (TPSA) is 15.3 Å². The first-order valence-corrected chi connectivity index (χ1v) is 7.74. The monoisotopic (exact) mass is 298 g/mol. The molecule has 1 aliphatic rings. The molecule has 0 atom stereocenters. The summed E-state index contributed by atoms with van der Waals surface area (Å²) in [6, 6.07) is 4.85. The highest BCUT2D eigenvalue weighted by atomic mass is 35.5. The highest BCUT2D eigenvalue weighted by Crippen LogP contribution is 2.31. The van der Waals surface area contributed by atoms with Gasteiger partial charge >= 0.3 is 0 Å². The Bertz CT molecular complexity index is 422. The van der Waals surface area contributed by atoms with Gasteiger partial charge in [0.05, 0.1) is 0 Å². The molecule has 0 bridgehead atoms. The summed E-state index contributed by atoms with van der Waals surface area (Å²) in [6.45, 7) is 1.37. The van der Waals surface area contributed by atoms with E-state index in [9.17, 15) is 4.39 Å². The number of likely N-dealkylation sites (N-methyl/N-ethyl adjacent to an activating group) is 1. The summed E-state index contributed by atoms with van der Waals surface area (Å²) in [5.41, 5.74) is 0.773. The summed E-state index contributed by atoms with van der Waals surface area (Å²) in [6.07, 6.45) is 6.30. The second kappa shape index (κ2) is 6.88. The molecule has 0 aliphatic heterocycles. The number of hydrogen-bond acceptors (Lipinski definition) is 2. The number of halogens is 2. The third kappa shape index (κ3) is 3.51. The van der Waals surface area contributed by atoms with E-state index in [0.717, 1.165) is 6.54 Å². The Hall–Kier alpha value is -0.640. The first-order chi connectivity index (χ1) is 9.55. The van der Waals surface area contributed by atoms with Crippen molar-refractivity contribution >= 4 is 11.6 Å². The van der Waals surface area contributed by atoms with Gasteiger partial charge in [0.25, 0.3) is 0 Å². The molecule has 1 aromatic carbocycles. The molecule has 0 spiro atoms. The van der Waals surface area contributed by atoms with Crippen LogP contribution in [0.4, 0.5) is 4.39 Å². The van der Waals surface area contributed by atoms with Gasteiger partial charge in [0.15, 0.2) is 0 Å². The lowest BCUT2D eigenvalue weighted by molar-refractivity contribution is 0.0983. The zero-order valence-corrected chi connectivity index (χ0v) is 13.1. The maximum Gasteiger partial charge on any atom is 0.129 e. The number of nitrogens with one attached hydrogen (secondary N) is 1. The largest absolute Gasteiger partial charge is 0.311 e. The van der Waals surface area contributed by atoms with Crippen LogP contribution in [0, 0.1) is 5.82 Å². The van der Waals surface area contributed by atoms with Gasteiger partial charge in [-0.3, -0.25) is 0 Å². The molecule has 1 saturated carbocycles. The third-order valence-electron chi connectivity index (χ3n) is 4.55. The Kier molecular flexibility index (Phi) is 5.42. The minimum atomic E-state index is -0.229. The summed E-state index contributed by atoms with van der Waals surface area (Å²) in [5, 5.41) is 3.91. The summed E-state index contributed by atoms with van der Waals surface area (Å²) in [5.74, 6) is -0.229. The lowest BCUT2D eigenvalue weighted by atomic mass is 9.80. The average molecular weight is 299 g/mol. The van der Waals surface area contributed by atoms with Crippen molar-refractivity contribution < 1.29 is 4.39 Å². The van der Waals surface area contributed by atoms with Crippen molar-refractivity contribution in [1.29, 1.82) is 0 Å². The zero-order valence-electron chi connectivity index (χ0n) is 12.4. The van der Waals surface area contributed by atoms with E-state index in [-0.39, 0.29) is 11.4 Å². The maximum absolute atomic E-state index is 13.7. The smallest absolute Gasteiger partial charge is 0.129 e. The van der Waals surface area contributed by atoms with E-state index in [1.807, 2.05) is 0 Å². The molecule has 0 aromatic heterocycles. The Morgan fingerprint density at radius 2 is 1.95 bits per heavy atom. The van der Waals surface area contributed by atoms with Crippen LogP contribution in [0.25, 0.3) is 0 Å². The minimum absolute atomic E-state index is 0.204. The lowest BCUT2D eigenvalue weighted by Crippen LogP contribution is -2.52. The Labute approximate surface area is 126 Å². The van der Waals surface area contributed by atoms with Crippen LogP contribution in [0.2, 0.25) is 5.02 Å². The third-order valence-corrected chi connectivity index (χ3v) is 4.90. The molecule has 4 heteroatoms. The maximum atomic E-state index is 13.7. The Balaban J connectivity index is 1.97. The predicted molar refractivity (Wildman–Crippen MR) is 82.6 cm³/mol. The van der Waals surface area contributed by atoms with Gasteiger partial charge in [-0.05, 0) is 39.1 Å².